The predicted molar refractivity (Wildman–Crippen MR) is 94.6 cm³/mol. The Bertz CT molecular complexity index is 889. The summed E-state index contributed by atoms with van der Waals surface area (Å²) in [5, 5.41) is 0.672. The highest BCUT2D eigenvalue weighted by atomic mass is 35.5. The van der Waals surface area contributed by atoms with Crippen LogP contribution in [0.15, 0.2) is 61.2 Å². The van der Waals surface area contributed by atoms with Crippen molar-refractivity contribution in [3.63, 3.8) is 0 Å². The molecule has 0 spiro atoms. The molecule has 0 atom stereocenters. The Morgan fingerprint density at radius 1 is 1.12 bits per heavy atom. The number of amides is 1. The van der Waals surface area contributed by atoms with Crippen molar-refractivity contribution in [1.29, 1.82) is 0 Å². The molecular weight excluding hydrogens is 322 g/mol. The Kier molecular flexibility index (Phi) is 3.82. The molecule has 0 fully saturated rings. The van der Waals surface area contributed by atoms with Crippen molar-refractivity contribution in [2.75, 3.05) is 11.4 Å². The fraction of sp³-hybridized carbons (Fsp3) is 0.158. The van der Waals surface area contributed by atoms with E-state index >= 15 is 0 Å². The number of halogens is 1. The normalized spacial score (nSPS) is 13.9. The minimum Gasteiger partial charge on any atom is -0.350 e. The summed E-state index contributed by atoms with van der Waals surface area (Å²) in [5.74, 6) is 0.00725. The molecule has 4 nitrogen and oxygen atoms in total. The third-order valence-electron chi connectivity index (χ3n) is 4.27. The highest BCUT2D eigenvalue weighted by Crippen LogP contribution is 2.26. The SMILES string of the molecule is O=C1c2ccc(Cl)cc2CCN1c1cncc(Cn2cccc2)c1. The highest BCUT2D eigenvalue weighted by Gasteiger charge is 2.25. The van der Waals surface area contributed by atoms with Crippen molar-refractivity contribution in [1.82, 2.24) is 9.55 Å². The van der Waals surface area contributed by atoms with Crippen LogP contribution in [0.2, 0.25) is 5.02 Å². The Morgan fingerprint density at radius 3 is 2.79 bits per heavy atom. The van der Waals surface area contributed by atoms with Crippen molar-refractivity contribution < 1.29 is 4.79 Å². The molecule has 1 aromatic carbocycles. The second-order valence-electron chi connectivity index (χ2n) is 5.92. The van der Waals surface area contributed by atoms with Gasteiger partial charge in [0, 0.05) is 42.3 Å². The van der Waals surface area contributed by atoms with E-state index < -0.39 is 0 Å². The average molecular weight is 338 g/mol. The second kappa shape index (κ2) is 6.13. The van der Waals surface area contributed by atoms with Gasteiger partial charge in [-0.2, -0.15) is 0 Å². The molecule has 0 N–H and O–H groups in total. The molecule has 1 aliphatic rings. The van der Waals surface area contributed by atoms with Crippen LogP contribution in [0.4, 0.5) is 5.69 Å². The first-order valence-electron chi connectivity index (χ1n) is 7.86. The molecular formula is C19H16ClN3O. The van der Waals surface area contributed by atoms with E-state index in [4.69, 9.17) is 11.6 Å². The van der Waals surface area contributed by atoms with Gasteiger partial charge in [0.25, 0.3) is 5.91 Å². The molecule has 0 aliphatic carbocycles. The maximum absolute atomic E-state index is 12.8. The number of anilines is 1. The molecule has 3 heterocycles. The number of carbonyl (C=O) groups is 1. The van der Waals surface area contributed by atoms with Crippen molar-refractivity contribution in [3.05, 3.63) is 82.9 Å². The number of hydrogen-bond acceptors (Lipinski definition) is 2. The second-order valence-corrected chi connectivity index (χ2v) is 6.35. The maximum atomic E-state index is 12.8. The van der Waals surface area contributed by atoms with E-state index in [1.165, 1.54) is 0 Å². The van der Waals surface area contributed by atoms with Gasteiger partial charge in [0.2, 0.25) is 0 Å². The number of nitrogens with zero attached hydrogens (tertiary/aromatic N) is 3. The number of aromatic nitrogens is 2. The summed E-state index contributed by atoms with van der Waals surface area (Å²) in [7, 11) is 0. The number of benzene rings is 1. The summed E-state index contributed by atoms with van der Waals surface area (Å²) in [4.78, 5) is 18.9. The Balaban J connectivity index is 1.62. The van der Waals surface area contributed by atoms with Crippen molar-refractivity contribution in [2.24, 2.45) is 0 Å². The first-order valence-corrected chi connectivity index (χ1v) is 8.23. The topological polar surface area (TPSA) is 38.1 Å². The third-order valence-corrected chi connectivity index (χ3v) is 4.51. The van der Waals surface area contributed by atoms with Gasteiger partial charge in [-0.25, -0.2) is 0 Å². The van der Waals surface area contributed by atoms with Crippen LogP contribution < -0.4 is 4.90 Å². The van der Waals surface area contributed by atoms with Gasteiger partial charge in [-0.15, -0.1) is 0 Å². The minimum absolute atomic E-state index is 0.00725. The van der Waals surface area contributed by atoms with E-state index in [1.54, 1.807) is 17.2 Å². The zero-order valence-corrected chi connectivity index (χ0v) is 13.8. The van der Waals surface area contributed by atoms with Crippen LogP contribution in [0, 0.1) is 0 Å². The lowest BCUT2D eigenvalue weighted by molar-refractivity contribution is 0.0980. The summed E-state index contributed by atoms with van der Waals surface area (Å²) >= 11 is 6.03. The Labute approximate surface area is 145 Å². The van der Waals surface area contributed by atoms with Gasteiger partial charge in [-0.05, 0) is 53.9 Å². The predicted octanol–water partition coefficient (Wildman–Crippen LogP) is 3.79. The summed E-state index contributed by atoms with van der Waals surface area (Å²) in [6.07, 6.45) is 8.41. The lowest BCUT2D eigenvalue weighted by atomic mass is 9.98. The minimum atomic E-state index is 0.00725. The summed E-state index contributed by atoms with van der Waals surface area (Å²) < 4.78 is 2.08. The van der Waals surface area contributed by atoms with Crippen LogP contribution in [0.3, 0.4) is 0 Å². The van der Waals surface area contributed by atoms with Gasteiger partial charge >= 0.3 is 0 Å². The summed E-state index contributed by atoms with van der Waals surface area (Å²) in [6.45, 7) is 1.38. The van der Waals surface area contributed by atoms with E-state index in [1.807, 2.05) is 48.9 Å². The maximum Gasteiger partial charge on any atom is 0.258 e. The Hall–Kier alpha value is -2.59. The number of rotatable bonds is 3. The third kappa shape index (κ3) is 2.81. The fourth-order valence-corrected chi connectivity index (χ4v) is 3.29. The summed E-state index contributed by atoms with van der Waals surface area (Å²) in [5.41, 5.74) is 3.64. The van der Waals surface area contributed by atoms with E-state index in [2.05, 4.69) is 9.55 Å². The number of carbonyl (C=O) groups excluding carboxylic acids is 1. The monoisotopic (exact) mass is 337 g/mol. The first kappa shape index (κ1) is 15.0. The molecule has 1 amide bonds. The molecule has 0 saturated carbocycles. The Morgan fingerprint density at radius 2 is 1.96 bits per heavy atom. The van der Waals surface area contributed by atoms with Crippen LogP contribution in [-0.4, -0.2) is 22.0 Å². The quantitative estimate of drug-likeness (QED) is 0.729. The molecule has 5 heteroatoms. The largest absolute Gasteiger partial charge is 0.350 e. The molecule has 0 unspecified atom stereocenters. The molecule has 3 aromatic rings. The van der Waals surface area contributed by atoms with E-state index in [9.17, 15) is 4.79 Å². The number of hydrogen-bond donors (Lipinski definition) is 0. The molecule has 2 aromatic heterocycles. The van der Waals surface area contributed by atoms with Crippen LogP contribution >= 0.6 is 11.6 Å². The smallest absolute Gasteiger partial charge is 0.258 e. The van der Waals surface area contributed by atoms with Gasteiger partial charge < -0.3 is 9.47 Å². The van der Waals surface area contributed by atoms with Gasteiger partial charge in [-0.1, -0.05) is 11.6 Å². The standard InChI is InChI=1S/C19H16ClN3O/c20-16-3-4-18-15(10-16)5-8-23(19(18)24)17-9-14(11-21-12-17)13-22-6-1-2-7-22/h1-4,6-7,9-12H,5,8,13H2. The van der Waals surface area contributed by atoms with Gasteiger partial charge in [0.15, 0.2) is 0 Å². The lowest BCUT2D eigenvalue weighted by Crippen LogP contribution is -2.37. The van der Waals surface area contributed by atoms with Crippen molar-refractivity contribution in [2.45, 2.75) is 13.0 Å². The van der Waals surface area contributed by atoms with Crippen LogP contribution in [-0.2, 0) is 13.0 Å². The lowest BCUT2D eigenvalue weighted by Gasteiger charge is -2.28. The molecule has 1 aliphatic heterocycles. The molecule has 0 bridgehead atoms. The zero-order chi connectivity index (χ0) is 16.5. The van der Waals surface area contributed by atoms with Crippen LogP contribution in [0.1, 0.15) is 21.5 Å². The zero-order valence-electron chi connectivity index (χ0n) is 13.0. The van der Waals surface area contributed by atoms with Crippen LogP contribution in [0.25, 0.3) is 0 Å². The van der Waals surface area contributed by atoms with Crippen molar-refractivity contribution >= 4 is 23.2 Å². The van der Waals surface area contributed by atoms with E-state index in [-0.39, 0.29) is 5.91 Å². The van der Waals surface area contributed by atoms with E-state index in [0.717, 1.165) is 35.3 Å². The van der Waals surface area contributed by atoms with Gasteiger partial charge in [0.05, 0.1) is 11.9 Å². The fourth-order valence-electron chi connectivity index (χ4n) is 3.10. The first-order chi connectivity index (χ1) is 11.7. The van der Waals surface area contributed by atoms with Gasteiger partial charge in [-0.3, -0.25) is 9.78 Å². The highest BCUT2D eigenvalue weighted by molar-refractivity contribution is 6.30. The number of pyridine rings is 1. The average Bonchev–Trinajstić information content (AvgIpc) is 3.08. The molecule has 120 valence electrons. The van der Waals surface area contributed by atoms with Gasteiger partial charge in [0.1, 0.15) is 0 Å². The molecule has 0 radical (unpaired) electrons. The molecule has 0 saturated heterocycles. The van der Waals surface area contributed by atoms with Crippen molar-refractivity contribution in [3.8, 4) is 0 Å². The molecule has 24 heavy (non-hydrogen) atoms. The summed E-state index contributed by atoms with van der Waals surface area (Å²) in [6, 6.07) is 11.5. The molecule has 4 rings (SSSR count). The number of fused-ring (bicyclic) bond motifs is 1. The van der Waals surface area contributed by atoms with E-state index in [0.29, 0.717) is 11.6 Å². The van der Waals surface area contributed by atoms with Crippen LogP contribution in [0.5, 0.6) is 0 Å².